The third-order valence-corrected chi connectivity index (χ3v) is 4.26. The van der Waals surface area contributed by atoms with Crippen LogP contribution in [-0.2, 0) is 20.9 Å². The minimum Gasteiger partial charge on any atom is -0.449 e. The average Bonchev–Trinajstić information content (AvgIpc) is 2.63. The Labute approximate surface area is 149 Å². The SMILES string of the molecule is COCc1cccc(C(=O)OC(C)C(=O)NCCC2=CCCCC2)c1. The van der Waals surface area contributed by atoms with Gasteiger partial charge in [-0.25, -0.2) is 4.79 Å². The molecular formula is C20H27NO4. The van der Waals surface area contributed by atoms with Gasteiger partial charge in [-0.1, -0.05) is 23.8 Å². The minimum absolute atomic E-state index is 0.266. The fourth-order valence-corrected chi connectivity index (χ4v) is 2.86. The maximum atomic E-state index is 12.2. The zero-order valence-corrected chi connectivity index (χ0v) is 15.0. The molecule has 5 heteroatoms. The molecular weight excluding hydrogens is 318 g/mol. The van der Waals surface area contributed by atoms with Crippen molar-refractivity contribution in [1.82, 2.24) is 5.32 Å². The van der Waals surface area contributed by atoms with E-state index in [1.807, 2.05) is 6.07 Å². The standard InChI is InChI=1S/C20H27NO4/c1-15(19(22)21-12-11-16-7-4-3-5-8-16)25-20(23)18-10-6-9-17(13-18)14-24-2/h6-7,9-10,13,15H,3-5,8,11-12,14H2,1-2H3,(H,21,22). The summed E-state index contributed by atoms with van der Waals surface area (Å²) >= 11 is 0. The van der Waals surface area contributed by atoms with E-state index in [0.29, 0.717) is 18.7 Å². The van der Waals surface area contributed by atoms with Gasteiger partial charge < -0.3 is 14.8 Å². The smallest absolute Gasteiger partial charge is 0.338 e. The molecule has 1 amide bonds. The number of carbonyl (C=O) groups is 2. The highest BCUT2D eigenvalue weighted by Crippen LogP contribution is 2.19. The van der Waals surface area contributed by atoms with Gasteiger partial charge in [-0.2, -0.15) is 0 Å². The Morgan fingerprint density at radius 2 is 2.12 bits per heavy atom. The number of carbonyl (C=O) groups excluding carboxylic acids is 2. The summed E-state index contributed by atoms with van der Waals surface area (Å²) in [4.78, 5) is 24.3. The van der Waals surface area contributed by atoms with Gasteiger partial charge in [0.15, 0.2) is 6.10 Å². The van der Waals surface area contributed by atoms with Gasteiger partial charge >= 0.3 is 5.97 Å². The first-order valence-electron chi connectivity index (χ1n) is 8.84. The van der Waals surface area contributed by atoms with E-state index in [2.05, 4.69) is 11.4 Å². The highest BCUT2D eigenvalue weighted by molar-refractivity contribution is 5.92. The normalized spacial score (nSPS) is 15.2. The van der Waals surface area contributed by atoms with Crippen LogP contribution in [0, 0.1) is 0 Å². The van der Waals surface area contributed by atoms with E-state index in [0.717, 1.165) is 24.8 Å². The summed E-state index contributed by atoms with van der Waals surface area (Å²) in [6.45, 7) is 2.59. The van der Waals surface area contributed by atoms with Crippen LogP contribution in [0.15, 0.2) is 35.9 Å². The lowest BCUT2D eigenvalue weighted by Crippen LogP contribution is -2.36. The van der Waals surface area contributed by atoms with Crippen molar-refractivity contribution in [2.75, 3.05) is 13.7 Å². The van der Waals surface area contributed by atoms with Crippen LogP contribution >= 0.6 is 0 Å². The highest BCUT2D eigenvalue weighted by atomic mass is 16.5. The van der Waals surface area contributed by atoms with Crippen molar-refractivity contribution in [2.45, 2.75) is 51.7 Å². The zero-order valence-electron chi connectivity index (χ0n) is 15.0. The van der Waals surface area contributed by atoms with Crippen LogP contribution in [0.2, 0.25) is 0 Å². The summed E-state index contributed by atoms with van der Waals surface area (Å²) in [5.41, 5.74) is 2.71. The first kappa shape index (κ1) is 19.2. The topological polar surface area (TPSA) is 64.6 Å². The van der Waals surface area contributed by atoms with Gasteiger partial charge in [0.05, 0.1) is 12.2 Å². The van der Waals surface area contributed by atoms with Crippen molar-refractivity contribution >= 4 is 11.9 Å². The van der Waals surface area contributed by atoms with E-state index in [-0.39, 0.29) is 5.91 Å². The number of esters is 1. The molecule has 1 aliphatic carbocycles. The second kappa shape index (κ2) is 9.99. The average molecular weight is 345 g/mol. The number of ether oxygens (including phenoxy) is 2. The maximum Gasteiger partial charge on any atom is 0.338 e. The summed E-state index contributed by atoms with van der Waals surface area (Å²) in [7, 11) is 1.60. The number of amides is 1. The van der Waals surface area contributed by atoms with E-state index in [9.17, 15) is 9.59 Å². The fourth-order valence-electron chi connectivity index (χ4n) is 2.86. The molecule has 1 aromatic rings. The molecule has 136 valence electrons. The first-order chi connectivity index (χ1) is 12.1. The molecule has 0 bridgehead atoms. The highest BCUT2D eigenvalue weighted by Gasteiger charge is 2.19. The van der Waals surface area contributed by atoms with Crippen LogP contribution in [0.4, 0.5) is 0 Å². The Hall–Kier alpha value is -2.14. The molecule has 25 heavy (non-hydrogen) atoms. The van der Waals surface area contributed by atoms with Gasteiger partial charge in [0.2, 0.25) is 0 Å². The van der Waals surface area contributed by atoms with E-state index in [4.69, 9.17) is 9.47 Å². The Morgan fingerprint density at radius 1 is 1.28 bits per heavy atom. The van der Waals surface area contributed by atoms with Crippen LogP contribution in [0.3, 0.4) is 0 Å². The quantitative estimate of drug-likeness (QED) is 0.579. The third-order valence-electron chi connectivity index (χ3n) is 4.26. The molecule has 1 N–H and O–H groups in total. The molecule has 0 saturated carbocycles. The van der Waals surface area contributed by atoms with Crippen molar-refractivity contribution in [3.63, 3.8) is 0 Å². The van der Waals surface area contributed by atoms with Gasteiger partial charge in [-0.05, 0) is 56.7 Å². The number of nitrogens with one attached hydrogen (secondary N) is 1. The molecule has 2 rings (SSSR count). The number of hydrogen-bond donors (Lipinski definition) is 1. The van der Waals surface area contributed by atoms with Crippen LogP contribution in [0.1, 0.15) is 54.9 Å². The largest absolute Gasteiger partial charge is 0.449 e. The molecule has 0 saturated heterocycles. The Kier molecular flexibility index (Phi) is 7.67. The predicted octanol–water partition coefficient (Wildman–Crippen LogP) is 3.39. The summed E-state index contributed by atoms with van der Waals surface area (Å²) in [6.07, 6.45) is 7.07. The lowest BCUT2D eigenvalue weighted by atomic mass is 9.97. The molecule has 0 fully saturated rings. The Balaban J connectivity index is 1.78. The van der Waals surface area contributed by atoms with Crippen molar-refractivity contribution < 1.29 is 19.1 Å². The van der Waals surface area contributed by atoms with Gasteiger partial charge in [0, 0.05) is 13.7 Å². The first-order valence-corrected chi connectivity index (χ1v) is 8.84. The number of methoxy groups -OCH3 is 1. The lowest BCUT2D eigenvalue weighted by Gasteiger charge is -2.16. The van der Waals surface area contributed by atoms with E-state index >= 15 is 0 Å². The van der Waals surface area contributed by atoms with Gasteiger partial charge in [-0.3, -0.25) is 4.79 Å². The van der Waals surface area contributed by atoms with E-state index in [1.165, 1.54) is 18.4 Å². The molecule has 0 radical (unpaired) electrons. The Bertz CT molecular complexity index is 624. The molecule has 1 atom stereocenters. The second-order valence-corrected chi connectivity index (χ2v) is 6.33. The molecule has 1 aromatic carbocycles. The number of hydrogen-bond acceptors (Lipinski definition) is 4. The minimum atomic E-state index is -0.820. The molecule has 0 heterocycles. The molecule has 1 unspecified atom stereocenters. The summed E-state index contributed by atoms with van der Waals surface area (Å²) < 4.78 is 10.3. The van der Waals surface area contributed by atoms with E-state index < -0.39 is 12.1 Å². The van der Waals surface area contributed by atoms with Gasteiger partial charge in [0.1, 0.15) is 0 Å². The molecule has 0 spiro atoms. The number of benzene rings is 1. The third kappa shape index (κ3) is 6.35. The fraction of sp³-hybridized carbons (Fsp3) is 0.500. The molecule has 0 aliphatic heterocycles. The van der Waals surface area contributed by atoms with Gasteiger partial charge in [0.25, 0.3) is 5.91 Å². The maximum absolute atomic E-state index is 12.2. The van der Waals surface area contributed by atoms with Crippen LogP contribution in [-0.4, -0.2) is 31.6 Å². The molecule has 5 nitrogen and oxygen atoms in total. The Morgan fingerprint density at radius 3 is 2.84 bits per heavy atom. The van der Waals surface area contributed by atoms with Crippen LogP contribution in [0.5, 0.6) is 0 Å². The monoisotopic (exact) mass is 345 g/mol. The predicted molar refractivity (Wildman–Crippen MR) is 96.2 cm³/mol. The van der Waals surface area contributed by atoms with Crippen LogP contribution in [0.25, 0.3) is 0 Å². The summed E-state index contributed by atoms with van der Waals surface area (Å²) in [6, 6.07) is 7.03. The van der Waals surface area contributed by atoms with Crippen molar-refractivity contribution in [2.24, 2.45) is 0 Å². The summed E-state index contributed by atoms with van der Waals surface area (Å²) in [5, 5.41) is 2.84. The van der Waals surface area contributed by atoms with Crippen molar-refractivity contribution in [1.29, 1.82) is 0 Å². The number of allylic oxidation sites excluding steroid dienone is 1. The molecule has 0 aromatic heterocycles. The molecule has 1 aliphatic rings. The number of rotatable bonds is 8. The second-order valence-electron chi connectivity index (χ2n) is 6.33. The van der Waals surface area contributed by atoms with Crippen LogP contribution < -0.4 is 5.32 Å². The summed E-state index contributed by atoms with van der Waals surface area (Å²) in [5.74, 6) is -0.770. The van der Waals surface area contributed by atoms with Gasteiger partial charge in [-0.15, -0.1) is 0 Å². The van der Waals surface area contributed by atoms with Crippen molar-refractivity contribution in [3.8, 4) is 0 Å². The zero-order chi connectivity index (χ0) is 18.1. The van der Waals surface area contributed by atoms with Crippen molar-refractivity contribution in [3.05, 3.63) is 47.0 Å². The lowest BCUT2D eigenvalue weighted by molar-refractivity contribution is -0.129. The van der Waals surface area contributed by atoms with E-state index in [1.54, 1.807) is 32.2 Å².